The topological polar surface area (TPSA) is 160 Å². The number of unbranched alkanes of at least 4 members (excludes halogenated alkanes) is 19. The third-order valence-electron chi connectivity index (χ3n) is 9.41. The summed E-state index contributed by atoms with van der Waals surface area (Å²) in [6.07, 6.45) is 47.0. The molecule has 0 rings (SSSR count). The first-order valence-electron chi connectivity index (χ1n) is 22.5. The maximum atomic E-state index is 12.4. The van der Waals surface area contributed by atoms with E-state index in [0.717, 1.165) is 25.7 Å². The fourth-order valence-electron chi connectivity index (χ4n) is 6.06. The molecule has 58 heavy (non-hydrogen) atoms. The van der Waals surface area contributed by atoms with Crippen molar-refractivity contribution in [3.8, 4) is 0 Å². The molecule has 0 aliphatic rings. The lowest BCUT2D eigenvalue weighted by molar-refractivity contribution is -0.161. The second-order valence-corrected chi connectivity index (χ2v) is 16.3. The Bertz CT molecular complexity index is 1200. The van der Waals surface area contributed by atoms with Crippen LogP contribution < -0.4 is 0 Å². The molecule has 0 saturated carbocycles. The Morgan fingerprint density at radius 1 is 0.569 bits per heavy atom. The Morgan fingerprint density at radius 3 is 1.62 bits per heavy atom. The number of aliphatic hydroxyl groups is 2. The molecule has 0 unspecified atom stereocenters. The van der Waals surface area contributed by atoms with Gasteiger partial charge in [-0.05, 0) is 38.5 Å². The van der Waals surface area contributed by atoms with E-state index in [9.17, 15) is 24.4 Å². The van der Waals surface area contributed by atoms with Gasteiger partial charge in [0.15, 0.2) is 6.10 Å². The molecule has 0 saturated heterocycles. The zero-order chi connectivity index (χ0) is 42.8. The van der Waals surface area contributed by atoms with E-state index in [1.165, 1.54) is 96.3 Å². The van der Waals surface area contributed by atoms with Crippen molar-refractivity contribution in [2.45, 2.75) is 199 Å². The van der Waals surface area contributed by atoms with Crippen molar-refractivity contribution >= 4 is 19.8 Å². The van der Waals surface area contributed by atoms with E-state index >= 15 is 0 Å². The first-order chi connectivity index (χ1) is 28.1. The quantitative estimate of drug-likeness (QED) is 0.0154. The first kappa shape index (κ1) is 55.4. The van der Waals surface area contributed by atoms with Gasteiger partial charge in [0.1, 0.15) is 6.61 Å². The van der Waals surface area contributed by atoms with Crippen LogP contribution in [0.5, 0.6) is 0 Å². The molecule has 0 spiro atoms. The summed E-state index contributed by atoms with van der Waals surface area (Å²) in [5.41, 5.74) is 0. The Balaban J connectivity index is 4.12. The summed E-state index contributed by atoms with van der Waals surface area (Å²) in [4.78, 5) is 42.9. The SMILES string of the molecule is CC/C=C\C[C@H](O)/C=C/C=C\C/C=C\C=C\[C@H](O)/C=C\CCCC(=O)O[C@H](COC(=O)CCCCCCCCCCCCCCCCCCCCC)COP(=O)(O)O. The number of esters is 2. The van der Waals surface area contributed by atoms with E-state index < -0.39 is 44.7 Å². The molecule has 0 bridgehead atoms. The second kappa shape index (κ2) is 41.2. The molecule has 0 aliphatic heterocycles. The maximum Gasteiger partial charge on any atom is 0.469 e. The minimum absolute atomic E-state index is 0.0241. The fourth-order valence-corrected chi connectivity index (χ4v) is 6.42. The van der Waals surface area contributed by atoms with Gasteiger partial charge in [-0.3, -0.25) is 14.1 Å². The Labute approximate surface area is 352 Å². The minimum atomic E-state index is -4.81. The molecule has 0 fully saturated rings. The third-order valence-corrected chi connectivity index (χ3v) is 9.90. The van der Waals surface area contributed by atoms with Gasteiger partial charge in [-0.1, -0.05) is 202 Å². The van der Waals surface area contributed by atoms with Crippen LogP contribution in [0.25, 0.3) is 0 Å². The Morgan fingerprint density at radius 2 is 1.09 bits per heavy atom. The molecule has 0 amide bonds. The van der Waals surface area contributed by atoms with Crippen LogP contribution in [0.4, 0.5) is 0 Å². The first-order valence-corrected chi connectivity index (χ1v) is 24.0. The average Bonchev–Trinajstić information content (AvgIpc) is 3.18. The number of carbonyl (C=O) groups is 2. The van der Waals surface area contributed by atoms with Crippen molar-refractivity contribution < 1.29 is 48.2 Å². The van der Waals surface area contributed by atoms with Gasteiger partial charge in [0, 0.05) is 12.8 Å². The number of hydrogen-bond acceptors (Lipinski definition) is 8. The van der Waals surface area contributed by atoms with Crippen molar-refractivity contribution in [1.29, 1.82) is 0 Å². The molecule has 4 N–H and O–H groups in total. The van der Waals surface area contributed by atoms with Gasteiger partial charge in [-0.25, -0.2) is 4.57 Å². The van der Waals surface area contributed by atoms with Crippen LogP contribution in [-0.2, 0) is 28.2 Å². The summed E-state index contributed by atoms with van der Waals surface area (Å²) >= 11 is 0. The maximum absolute atomic E-state index is 12.4. The van der Waals surface area contributed by atoms with Crippen LogP contribution >= 0.6 is 7.82 Å². The van der Waals surface area contributed by atoms with Crippen molar-refractivity contribution in [3.63, 3.8) is 0 Å². The molecule has 0 aromatic carbocycles. The second-order valence-electron chi connectivity index (χ2n) is 15.1. The van der Waals surface area contributed by atoms with E-state index in [0.29, 0.717) is 32.1 Å². The van der Waals surface area contributed by atoms with E-state index in [1.807, 2.05) is 42.5 Å². The van der Waals surface area contributed by atoms with E-state index in [1.54, 1.807) is 30.4 Å². The molecular formula is C47H81O10P. The summed E-state index contributed by atoms with van der Waals surface area (Å²) in [6, 6.07) is 0. The van der Waals surface area contributed by atoms with Crippen molar-refractivity contribution in [2.24, 2.45) is 0 Å². The highest BCUT2D eigenvalue weighted by Gasteiger charge is 2.22. The molecule has 0 aromatic heterocycles. The zero-order valence-electron chi connectivity index (χ0n) is 36.1. The lowest BCUT2D eigenvalue weighted by Gasteiger charge is -2.18. The van der Waals surface area contributed by atoms with Crippen LogP contribution in [0.2, 0.25) is 0 Å². The molecule has 0 heterocycles. The van der Waals surface area contributed by atoms with Crippen molar-refractivity contribution in [3.05, 3.63) is 72.9 Å². The lowest BCUT2D eigenvalue weighted by atomic mass is 10.0. The van der Waals surface area contributed by atoms with Crippen molar-refractivity contribution in [2.75, 3.05) is 13.2 Å². The fraction of sp³-hybridized carbons (Fsp3) is 0.702. The highest BCUT2D eigenvalue weighted by molar-refractivity contribution is 7.46. The molecule has 334 valence electrons. The normalized spacial score (nSPS) is 14.2. The number of ether oxygens (including phenoxy) is 2. The average molecular weight is 837 g/mol. The molecule has 0 aromatic rings. The summed E-state index contributed by atoms with van der Waals surface area (Å²) in [5.74, 6) is -1.07. The molecule has 0 aliphatic carbocycles. The lowest BCUT2D eigenvalue weighted by Crippen LogP contribution is -2.29. The van der Waals surface area contributed by atoms with Gasteiger partial charge in [-0.15, -0.1) is 0 Å². The van der Waals surface area contributed by atoms with Gasteiger partial charge in [-0.2, -0.15) is 0 Å². The van der Waals surface area contributed by atoms with Crippen LogP contribution in [0, 0.1) is 0 Å². The molecule has 0 radical (unpaired) electrons. The number of phosphoric ester groups is 1. The largest absolute Gasteiger partial charge is 0.469 e. The number of allylic oxidation sites excluding steroid dienone is 8. The van der Waals surface area contributed by atoms with E-state index in [-0.39, 0.29) is 19.4 Å². The van der Waals surface area contributed by atoms with Crippen molar-refractivity contribution in [1.82, 2.24) is 0 Å². The van der Waals surface area contributed by atoms with Gasteiger partial charge >= 0.3 is 19.8 Å². The molecule has 10 nitrogen and oxygen atoms in total. The predicted octanol–water partition coefficient (Wildman–Crippen LogP) is 11.8. The van der Waals surface area contributed by atoms with Crippen LogP contribution in [0.1, 0.15) is 181 Å². The van der Waals surface area contributed by atoms with Crippen LogP contribution in [0.3, 0.4) is 0 Å². The summed E-state index contributed by atoms with van der Waals surface area (Å²) < 4.78 is 26.3. The summed E-state index contributed by atoms with van der Waals surface area (Å²) in [7, 11) is -4.81. The molecular weight excluding hydrogens is 755 g/mol. The number of rotatable bonds is 40. The van der Waals surface area contributed by atoms with Gasteiger partial charge in [0.05, 0.1) is 18.8 Å². The van der Waals surface area contributed by atoms with E-state index in [4.69, 9.17) is 19.3 Å². The number of hydrogen-bond donors (Lipinski definition) is 4. The zero-order valence-corrected chi connectivity index (χ0v) is 37.0. The van der Waals surface area contributed by atoms with E-state index in [2.05, 4.69) is 18.4 Å². The number of phosphoric acid groups is 1. The van der Waals surface area contributed by atoms with Crippen LogP contribution in [-0.4, -0.2) is 63.5 Å². The molecule has 3 atom stereocenters. The Kier molecular flexibility index (Phi) is 39.3. The smallest absolute Gasteiger partial charge is 0.462 e. The predicted molar refractivity (Wildman–Crippen MR) is 237 cm³/mol. The van der Waals surface area contributed by atoms with Crippen LogP contribution in [0.15, 0.2) is 72.9 Å². The number of carbonyl (C=O) groups excluding carboxylic acids is 2. The highest BCUT2D eigenvalue weighted by atomic mass is 31.2. The standard InChI is InChI=1S/C47H81O10P/c1-3-5-7-8-9-10-11-12-13-14-15-16-17-18-19-20-24-27-33-39-46(50)55-41-45(42-56-58(52,53)54)57-47(51)40-34-28-32-38-44(49)37-31-26-23-21-22-25-30-36-43(48)35-29-6-4-2/h6,22-23,25-26,29-32,36-38,43-45,48-49H,3-5,7-21,24,27-28,33-35,39-42H2,1-2H3,(H2,52,53,54)/b25-22-,26-23-,29-6-,36-30+,37-31+,38-32-/t43-,44-,45+/m0/s1. The summed E-state index contributed by atoms with van der Waals surface area (Å²) in [5, 5.41) is 19.9. The monoisotopic (exact) mass is 837 g/mol. The minimum Gasteiger partial charge on any atom is -0.462 e. The Hall–Kier alpha value is -2.59. The third kappa shape index (κ3) is 43.0. The number of aliphatic hydroxyl groups excluding tert-OH is 2. The van der Waals surface area contributed by atoms with Gasteiger partial charge < -0.3 is 29.5 Å². The van der Waals surface area contributed by atoms with Gasteiger partial charge in [0.25, 0.3) is 0 Å². The van der Waals surface area contributed by atoms with Gasteiger partial charge in [0.2, 0.25) is 0 Å². The molecule has 11 heteroatoms. The highest BCUT2D eigenvalue weighted by Crippen LogP contribution is 2.36. The summed E-state index contributed by atoms with van der Waals surface area (Å²) in [6.45, 7) is 3.35.